The number of rotatable bonds is 5. The SMILES string of the molecule is COC(=O)c1ccc(C(=O)N(Cc2c(F)cccc2Cl)C2CC2)nc1. The molecule has 1 aromatic heterocycles. The van der Waals surface area contributed by atoms with Crippen LogP contribution in [-0.4, -0.2) is 34.9 Å². The Morgan fingerprint density at radius 1 is 1.32 bits per heavy atom. The maximum absolute atomic E-state index is 14.1. The minimum atomic E-state index is -0.524. The number of pyridine rings is 1. The van der Waals surface area contributed by atoms with Gasteiger partial charge in [0.1, 0.15) is 11.5 Å². The van der Waals surface area contributed by atoms with E-state index in [0.29, 0.717) is 0 Å². The molecule has 0 atom stereocenters. The quantitative estimate of drug-likeness (QED) is 0.764. The first-order valence-corrected chi connectivity index (χ1v) is 8.17. The van der Waals surface area contributed by atoms with Gasteiger partial charge in [0, 0.05) is 22.8 Å². The first-order chi connectivity index (χ1) is 12.0. The number of hydrogen-bond acceptors (Lipinski definition) is 4. The maximum atomic E-state index is 14.1. The highest BCUT2D eigenvalue weighted by atomic mass is 35.5. The van der Waals surface area contributed by atoms with Gasteiger partial charge in [-0.2, -0.15) is 0 Å². The molecule has 0 aliphatic heterocycles. The van der Waals surface area contributed by atoms with Crippen molar-refractivity contribution in [2.45, 2.75) is 25.4 Å². The minimum absolute atomic E-state index is 0.0465. The van der Waals surface area contributed by atoms with E-state index in [2.05, 4.69) is 9.72 Å². The molecule has 7 heteroatoms. The second-order valence-corrected chi connectivity index (χ2v) is 6.20. The van der Waals surface area contributed by atoms with Gasteiger partial charge in [0.25, 0.3) is 5.91 Å². The summed E-state index contributed by atoms with van der Waals surface area (Å²) >= 11 is 6.08. The molecular formula is C18H16ClFN2O3. The van der Waals surface area contributed by atoms with E-state index >= 15 is 0 Å². The van der Waals surface area contributed by atoms with Crippen LogP contribution in [0.25, 0.3) is 0 Å². The summed E-state index contributed by atoms with van der Waals surface area (Å²) in [6.07, 6.45) is 3.01. The fourth-order valence-corrected chi connectivity index (χ4v) is 2.74. The molecule has 0 bridgehead atoms. The third kappa shape index (κ3) is 3.79. The van der Waals surface area contributed by atoms with E-state index in [-0.39, 0.29) is 40.3 Å². The molecule has 2 aromatic rings. The normalized spacial score (nSPS) is 13.4. The third-order valence-electron chi connectivity index (χ3n) is 4.04. The highest BCUT2D eigenvalue weighted by Gasteiger charge is 2.34. The topological polar surface area (TPSA) is 59.5 Å². The molecule has 1 saturated carbocycles. The van der Waals surface area contributed by atoms with Crippen molar-refractivity contribution in [1.82, 2.24) is 9.88 Å². The van der Waals surface area contributed by atoms with Gasteiger partial charge in [-0.15, -0.1) is 0 Å². The van der Waals surface area contributed by atoms with Crippen molar-refractivity contribution in [3.8, 4) is 0 Å². The number of halogens is 2. The molecule has 1 fully saturated rings. The standard InChI is InChI=1S/C18H16ClFN2O3/c1-25-18(24)11-5-8-16(21-9-11)17(23)22(12-6-7-12)10-13-14(19)3-2-4-15(13)20/h2-5,8-9,12H,6-7,10H2,1H3. The summed E-state index contributed by atoms with van der Waals surface area (Å²) in [5, 5.41) is 0.285. The van der Waals surface area contributed by atoms with Gasteiger partial charge in [0.15, 0.2) is 0 Å². The van der Waals surface area contributed by atoms with Crippen LogP contribution in [-0.2, 0) is 11.3 Å². The van der Waals surface area contributed by atoms with Crippen LogP contribution in [0.4, 0.5) is 4.39 Å². The Balaban J connectivity index is 1.83. The summed E-state index contributed by atoms with van der Waals surface area (Å²) in [6, 6.07) is 7.43. The van der Waals surface area contributed by atoms with Crippen LogP contribution in [0, 0.1) is 5.82 Å². The Labute approximate surface area is 149 Å². The Hall–Kier alpha value is -2.47. The van der Waals surface area contributed by atoms with Crippen molar-refractivity contribution < 1.29 is 18.7 Å². The molecule has 0 spiro atoms. The van der Waals surface area contributed by atoms with E-state index in [0.717, 1.165) is 12.8 Å². The largest absolute Gasteiger partial charge is 0.465 e. The number of esters is 1. The zero-order chi connectivity index (χ0) is 18.0. The second-order valence-electron chi connectivity index (χ2n) is 5.79. The zero-order valence-corrected chi connectivity index (χ0v) is 14.3. The zero-order valence-electron chi connectivity index (χ0n) is 13.5. The Morgan fingerprint density at radius 2 is 2.08 bits per heavy atom. The predicted octanol–water partition coefficient (Wildman–Crippen LogP) is 3.47. The lowest BCUT2D eigenvalue weighted by Crippen LogP contribution is -2.33. The highest BCUT2D eigenvalue weighted by Crippen LogP contribution is 2.31. The van der Waals surface area contributed by atoms with E-state index in [4.69, 9.17) is 11.6 Å². The lowest BCUT2D eigenvalue weighted by atomic mass is 10.1. The van der Waals surface area contributed by atoms with Gasteiger partial charge in [0.2, 0.25) is 0 Å². The monoisotopic (exact) mass is 362 g/mol. The van der Waals surface area contributed by atoms with Crippen molar-refractivity contribution in [3.63, 3.8) is 0 Å². The lowest BCUT2D eigenvalue weighted by Gasteiger charge is -2.23. The minimum Gasteiger partial charge on any atom is -0.465 e. The van der Waals surface area contributed by atoms with Crippen molar-refractivity contribution in [3.05, 3.63) is 64.2 Å². The molecule has 130 valence electrons. The summed E-state index contributed by atoms with van der Waals surface area (Å²) in [5.74, 6) is -1.29. The smallest absolute Gasteiger partial charge is 0.339 e. The molecular weight excluding hydrogens is 347 g/mol. The molecule has 25 heavy (non-hydrogen) atoms. The molecule has 3 rings (SSSR count). The second kappa shape index (κ2) is 7.19. The Kier molecular flexibility index (Phi) is 4.99. The van der Waals surface area contributed by atoms with Gasteiger partial charge in [-0.05, 0) is 37.1 Å². The van der Waals surface area contributed by atoms with Gasteiger partial charge in [-0.25, -0.2) is 9.18 Å². The molecule has 1 aromatic carbocycles. The van der Waals surface area contributed by atoms with Crippen molar-refractivity contribution >= 4 is 23.5 Å². The number of benzene rings is 1. The first-order valence-electron chi connectivity index (χ1n) is 7.79. The molecule has 0 unspecified atom stereocenters. The fourth-order valence-electron chi connectivity index (χ4n) is 2.51. The van der Waals surface area contributed by atoms with Crippen LogP contribution in [0.2, 0.25) is 5.02 Å². The predicted molar refractivity (Wildman–Crippen MR) is 89.9 cm³/mol. The highest BCUT2D eigenvalue weighted by molar-refractivity contribution is 6.31. The van der Waals surface area contributed by atoms with Gasteiger partial charge in [-0.3, -0.25) is 9.78 Å². The number of amides is 1. The molecule has 0 radical (unpaired) electrons. The number of carbonyl (C=O) groups is 2. The van der Waals surface area contributed by atoms with Gasteiger partial charge < -0.3 is 9.64 Å². The Morgan fingerprint density at radius 3 is 2.64 bits per heavy atom. The average Bonchev–Trinajstić information content (AvgIpc) is 3.45. The summed E-state index contributed by atoms with van der Waals surface area (Å²) in [5.41, 5.74) is 0.733. The number of nitrogens with zero attached hydrogens (tertiary/aromatic N) is 2. The van der Waals surface area contributed by atoms with Crippen LogP contribution >= 0.6 is 11.6 Å². The maximum Gasteiger partial charge on any atom is 0.339 e. The first kappa shape index (κ1) is 17.4. The lowest BCUT2D eigenvalue weighted by molar-refractivity contribution is 0.0598. The number of carbonyl (C=O) groups excluding carboxylic acids is 2. The van der Waals surface area contributed by atoms with Gasteiger partial charge >= 0.3 is 5.97 Å². The molecule has 0 N–H and O–H groups in total. The molecule has 1 amide bonds. The molecule has 1 aliphatic carbocycles. The van der Waals surface area contributed by atoms with E-state index in [1.54, 1.807) is 11.0 Å². The van der Waals surface area contributed by atoms with Gasteiger partial charge in [-0.1, -0.05) is 17.7 Å². The van der Waals surface area contributed by atoms with Gasteiger partial charge in [0.05, 0.1) is 19.2 Å². The Bertz CT molecular complexity index is 786. The third-order valence-corrected chi connectivity index (χ3v) is 4.40. The molecule has 1 aliphatic rings. The van der Waals surface area contributed by atoms with Crippen LogP contribution in [0.15, 0.2) is 36.5 Å². The molecule has 1 heterocycles. The van der Waals surface area contributed by atoms with Crippen LogP contribution < -0.4 is 0 Å². The number of ether oxygens (including phenoxy) is 1. The van der Waals surface area contributed by atoms with E-state index in [9.17, 15) is 14.0 Å². The number of aromatic nitrogens is 1. The van der Waals surface area contributed by atoms with E-state index in [1.807, 2.05) is 0 Å². The summed E-state index contributed by atoms with van der Waals surface area (Å²) in [6.45, 7) is 0.0788. The molecule has 5 nitrogen and oxygen atoms in total. The average molecular weight is 363 g/mol. The number of methoxy groups -OCH3 is 1. The van der Waals surface area contributed by atoms with E-state index < -0.39 is 11.8 Å². The van der Waals surface area contributed by atoms with Crippen LogP contribution in [0.5, 0.6) is 0 Å². The summed E-state index contributed by atoms with van der Waals surface area (Å²) in [4.78, 5) is 29.9. The van der Waals surface area contributed by atoms with Crippen LogP contribution in [0.3, 0.4) is 0 Å². The van der Waals surface area contributed by atoms with Crippen LogP contribution in [0.1, 0.15) is 39.3 Å². The van der Waals surface area contributed by atoms with Crippen molar-refractivity contribution in [1.29, 1.82) is 0 Å². The summed E-state index contributed by atoms with van der Waals surface area (Å²) < 4.78 is 18.7. The van der Waals surface area contributed by atoms with Crippen molar-refractivity contribution in [2.24, 2.45) is 0 Å². The van der Waals surface area contributed by atoms with E-state index in [1.165, 1.54) is 37.6 Å². The van der Waals surface area contributed by atoms with Crippen molar-refractivity contribution in [2.75, 3.05) is 7.11 Å². The number of hydrogen-bond donors (Lipinski definition) is 0. The summed E-state index contributed by atoms with van der Waals surface area (Å²) in [7, 11) is 1.27. The molecule has 0 saturated heterocycles. The fraction of sp³-hybridized carbons (Fsp3) is 0.278.